The van der Waals surface area contributed by atoms with Crippen LogP contribution < -0.4 is 5.32 Å². The first kappa shape index (κ1) is 14.3. The van der Waals surface area contributed by atoms with E-state index in [4.69, 9.17) is 0 Å². The van der Waals surface area contributed by atoms with E-state index < -0.39 is 0 Å². The lowest BCUT2D eigenvalue weighted by molar-refractivity contribution is -0.124. The maximum atomic E-state index is 12.2. The summed E-state index contributed by atoms with van der Waals surface area (Å²) in [6, 6.07) is 1.57. The van der Waals surface area contributed by atoms with Crippen LogP contribution in [0.4, 0.5) is 0 Å². The lowest BCUT2D eigenvalue weighted by atomic mass is 10.2. The first-order valence-corrected chi connectivity index (χ1v) is 6.83. The Morgan fingerprint density at radius 2 is 2.15 bits per heavy atom. The quantitative estimate of drug-likeness (QED) is 0.901. The van der Waals surface area contributed by atoms with Crippen molar-refractivity contribution >= 4 is 5.91 Å². The van der Waals surface area contributed by atoms with Gasteiger partial charge in [0.25, 0.3) is 0 Å². The number of rotatable bonds is 5. The van der Waals surface area contributed by atoms with Crippen LogP contribution in [0.25, 0.3) is 0 Å². The first-order valence-electron chi connectivity index (χ1n) is 6.83. The second-order valence-corrected chi connectivity index (χ2v) is 4.88. The van der Waals surface area contributed by atoms with Crippen molar-refractivity contribution in [3.63, 3.8) is 0 Å². The number of amides is 1. The van der Waals surface area contributed by atoms with Crippen LogP contribution in [0.3, 0.4) is 0 Å². The van der Waals surface area contributed by atoms with E-state index in [1.54, 1.807) is 10.9 Å². The Morgan fingerprint density at radius 1 is 1.40 bits per heavy atom. The Bertz CT molecular complexity index is 598. The molecule has 2 rings (SSSR count). The lowest BCUT2D eigenvalue weighted by Gasteiger charge is -2.14. The highest BCUT2D eigenvalue weighted by Crippen LogP contribution is 2.10. The number of nitrogens with one attached hydrogen (secondary N) is 1. The van der Waals surface area contributed by atoms with Gasteiger partial charge in [0.1, 0.15) is 6.04 Å². The zero-order valence-electron chi connectivity index (χ0n) is 12.4. The van der Waals surface area contributed by atoms with Gasteiger partial charge in [-0.3, -0.25) is 14.2 Å². The summed E-state index contributed by atoms with van der Waals surface area (Å²) in [5, 5.41) is 11.4. The molecular weight excluding hydrogens is 254 g/mol. The van der Waals surface area contributed by atoms with Gasteiger partial charge in [-0.05, 0) is 33.8 Å². The highest BCUT2D eigenvalue weighted by atomic mass is 16.2. The molecule has 20 heavy (non-hydrogen) atoms. The van der Waals surface area contributed by atoms with E-state index in [2.05, 4.69) is 15.5 Å². The maximum Gasteiger partial charge on any atom is 0.244 e. The largest absolute Gasteiger partial charge is 0.350 e. The zero-order chi connectivity index (χ0) is 14.7. The fourth-order valence-electron chi connectivity index (χ4n) is 2.20. The van der Waals surface area contributed by atoms with Crippen LogP contribution in [-0.4, -0.2) is 25.5 Å². The van der Waals surface area contributed by atoms with Gasteiger partial charge in [0, 0.05) is 36.2 Å². The number of aryl methyl sites for hydroxylation is 2. The Morgan fingerprint density at radius 3 is 2.70 bits per heavy atom. The van der Waals surface area contributed by atoms with E-state index in [9.17, 15) is 4.79 Å². The van der Waals surface area contributed by atoms with Crippen LogP contribution >= 0.6 is 0 Å². The fraction of sp³-hybridized carbons (Fsp3) is 0.500. The van der Waals surface area contributed by atoms with Gasteiger partial charge in [0.2, 0.25) is 5.91 Å². The molecule has 1 atom stereocenters. The molecule has 1 amide bonds. The van der Waals surface area contributed by atoms with Crippen molar-refractivity contribution in [1.82, 2.24) is 24.9 Å². The molecule has 2 aromatic rings. The molecule has 6 heteroatoms. The van der Waals surface area contributed by atoms with E-state index >= 15 is 0 Å². The van der Waals surface area contributed by atoms with Gasteiger partial charge in [-0.25, -0.2) is 0 Å². The summed E-state index contributed by atoms with van der Waals surface area (Å²) in [5.74, 6) is -0.0413. The number of aromatic nitrogens is 4. The smallest absolute Gasteiger partial charge is 0.244 e. The van der Waals surface area contributed by atoms with E-state index in [0.29, 0.717) is 6.54 Å². The Labute approximate surface area is 118 Å². The van der Waals surface area contributed by atoms with Crippen molar-refractivity contribution in [1.29, 1.82) is 0 Å². The van der Waals surface area contributed by atoms with Crippen LogP contribution in [0.5, 0.6) is 0 Å². The summed E-state index contributed by atoms with van der Waals surface area (Å²) in [6.45, 7) is 9.17. The summed E-state index contributed by atoms with van der Waals surface area (Å²) in [4.78, 5) is 12.2. The summed E-state index contributed by atoms with van der Waals surface area (Å²) < 4.78 is 3.64. The van der Waals surface area contributed by atoms with Crippen LogP contribution in [0.15, 0.2) is 18.5 Å². The Balaban J connectivity index is 1.98. The molecule has 1 N–H and O–H groups in total. The lowest BCUT2D eigenvalue weighted by Crippen LogP contribution is -2.31. The minimum atomic E-state index is -0.313. The molecule has 0 aliphatic heterocycles. The number of hydrogen-bond acceptors (Lipinski definition) is 3. The van der Waals surface area contributed by atoms with E-state index in [1.165, 1.54) is 0 Å². The number of hydrogen-bond donors (Lipinski definition) is 1. The van der Waals surface area contributed by atoms with Crippen LogP contribution in [0, 0.1) is 13.8 Å². The van der Waals surface area contributed by atoms with E-state index in [1.807, 2.05) is 44.6 Å². The van der Waals surface area contributed by atoms with Crippen LogP contribution in [0.2, 0.25) is 0 Å². The molecule has 0 aliphatic rings. The van der Waals surface area contributed by atoms with Gasteiger partial charge in [0.15, 0.2) is 0 Å². The van der Waals surface area contributed by atoms with Gasteiger partial charge in [0.05, 0.1) is 6.20 Å². The number of nitrogens with zero attached hydrogens (tertiary/aromatic N) is 4. The van der Waals surface area contributed by atoms with Gasteiger partial charge in [-0.2, -0.15) is 10.2 Å². The molecule has 0 aromatic carbocycles. The highest BCUT2D eigenvalue weighted by molar-refractivity contribution is 5.79. The molecule has 0 spiro atoms. The molecule has 6 nitrogen and oxygen atoms in total. The first-order chi connectivity index (χ1) is 9.54. The second kappa shape index (κ2) is 5.90. The third-order valence-electron chi connectivity index (χ3n) is 3.57. The summed E-state index contributed by atoms with van der Waals surface area (Å²) in [6.07, 6.45) is 3.51. The summed E-state index contributed by atoms with van der Waals surface area (Å²) in [5.41, 5.74) is 3.11. The second-order valence-electron chi connectivity index (χ2n) is 4.88. The average Bonchev–Trinajstić information content (AvgIpc) is 3.01. The molecule has 0 saturated carbocycles. The van der Waals surface area contributed by atoms with E-state index in [-0.39, 0.29) is 11.9 Å². The van der Waals surface area contributed by atoms with Crippen molar-refractivity contribution in [2.24, 2.45) is 0 Å². The van der Waals surface area contributed by atoms with Crippen LogP contribution in [-0.2, 0) is 17.9 Å². The molecule has 0 aliphatic carbocycles. The maximum absolute atomic E-state index is 12.2. The normalized spacial score (nSPS) is 12.4. The Kier molecular flexibility index (Phi) is 4.22. The molecule has 0 bridgehead atoms. The molecular formula is C14H21N5O. The highest BCUT2D eigenvalue weighted by Gasteiger charge is 2.17. The van der Waals surface area contributed by atoms with Gasteiger partial charge in [-0.1, -0.05) is 0 Å². The molecule has 0 radical (unpaired) electrons. The van der Waals surface area contributed by atoms with Gasteiger partial charge >= 0.3 is 0 Å². The molecule has 0 fully saturated rings. The van der Waals surface area contributed by atoms with E-state index in [0.717, 1.165) is 23.5 Å². The van der Waals surface area contributed by atoms with Crippen molar-refractivity contribution in [2.75, 3.05) is 0 Å². The SMILES string of the molecule is CCn1ncc(CNC(=O)C(C)n2nccc2C)c1C. The predicted molar refractivity (Wildman–Crippen MR) is 76.2 cm³/mol. The molecule has 2 heterocycles. The number of carbonyl (C=O) groups excluding carboxylic acids is 1. The molecule has 108 valence electrons. The standard InChI is InChI=1S/C14H21N5O/c1-5-18-11(3)13(9-17-18)8-15-14(20)12(4)19-10(2)6-7-16-19/h6-7,9,12H,5,8H2,1-4H3,(H,15,20). The topological polar surface area (TPSA) is 64.7 Å². The van der Waals surface area contributed by atoms with Crippen molar-refractivity contribution in [3.05, 3.63) is 35.4 Å². The summed E-state index contributed by atoms with van der Waals surface area (Å²) >= 11 is 0. The van der Waals surface area contributed by atoms with Crippen LogP contribution in [0.1, 0.15) is 36.8 Å². The van der Waals surface area contributed by atoms with Gasteiger partial charge < -0.3 is 5.32 Å². The third-order valence-corrected chi connectivity index (χ3v) is 3.57. The van der Waals surface area contributed by atoms with Crippen molar-refractivity contribution in [2.45, 2.75) is 46.8 Å². The molecule has 0 saturated heterocycles. The minimum Gasteiger partial charge on any atom is -0.350 e. The molecule has 2 aromatic heterocycles. The van der Waals surface area contributed by atoms with Gasteiger partial charge in [-0.15, -0.1) is 0 Å². The molecule has 1 unspecified atom stereocenters. The predicted octanol–water partition coefficient (Wildman–Crippen LogP) is 1.59. The average molecular weight is 275 g/mol. The monoisotopic (exact) mass is 275 g/mol. The Hall–Kier alpha value is -2.11. The van der Waals surface area contributed by atoms with Crippen molar-refractivity contribution < 1.29 is 4.79 Å². The minimum absolute atomic E-state index is 0.0413. The van der Waals surface area contributed by atoms with Crippen molar-refractivity contribution in [3.8, 4) is 0 Å². The third kappa shape index (κ3) is 2.74. The zero-order valence-corrected chi connectivity index (χ0v) is 12.4. The summed E-state index contributed by atoms with van der Waals surface area (Å²) in [7, 11) is 0. The fourth-order valence-corrected chi connectivity index (χ4v) is 2.20. The number of carbonyl (C=O) groups is 1.